The summed E-state index contributed by atoms with van der Waals surface area (Å²) in [6.45, 7) is 2.44. The van der Waals surface area contributed by atoms with E-state index in [2.05, 4.69) is 28.5 Å². The number of rotatable bonds is 5. The number of ether oxygens (including phenoxy) is 1. The number of aromatic nitrogens is 1. The first-order chi connectivity index (χ1) is 16.3. The molecule has 1 aliphatic rings. The van der Waals surface area contributed by atoms with E-state index in [0.29, 0.717) is 31.9 Å². The Morgan fingerprint density at radius 2 is 1.85 bits per heavy atom. The van der Waals surface area contributed by atoms with Crippen LogP contribution >= 0.6 is 0 Å². The molecule has 0 saturated carbocycles. The zero-order chi connectivity index (χ0) is 22.5. The topological polar surface area (TPSA) is 54.5 Å². The van der Waals surface area contributed by atoms with Crippen molar-refractivity contribution < 1.29 is 9.53 Å². The van der Waals surface area contributed by atoms with Gasteiger partial charge in [0.05, 0.1) is 24.5 Å². The zero-order valence-electron chi connectivity index (χ0n) is 18.5. The lowest BCUT2D eigenvalue weighted by molar-refractivity contribution is 0.0738. The maximum atomic E-state index is 13.6. The van der Waals surface area contributed by atoms with Crippen LogP contribution in [-0.2, 0) is 11.2 Å². The number of carbonyl (C=O) groups excluding carboxylic acids is 1. The summed E-state index contributed by atoms with van der Waals surface area (Å²) >= 11 is 0. The molecule has 0 spiro atoms. The number of para-hydroxylation sites is 2. The van der Waals surface area contributed by atoms with Crippen molar-refractivity contribution in [3.63, 3.8) is 0 Å². The molecule has 0 aliphatic carbocycles. The highest BCUT2D eigenvalue weighted by Crippen LogP contribution is 2.25. The molecule has 5 heteroatoms. The Morgan fingerprint density at radius 1 is 1.00 bits per heavy atom. The third kappa shape index (κ3) is 4.89. The minimum absolute atomic E-state index is 0.0316. The first kappa shape index (κ1) is 21.2. The molecule has 0 unspecified atom stereocenters. The van der Waals surface area contributed by atoms with E-state index in [1.54, 1.807) is 0 Å². The molecule has 5 nitrogen and oxygen atoms in total. The van der Waals surface area contributed by atoms with E-state index < -0.39 is 0 Å². The van der Waals surface area contributed by atoms with E-state index in [1.165, 1.54) is 16.3 Å². The fraction of sp³-hybridized carbons (Fsp3) is 0.214. The van der Waals surface area contributed by atoms with E-state index in [1.807, 2.05) is 78.0 Å². The van der Waals surface area contributed by atoms with Crippen LogP contribution in [0.25, 0.3) is 10.8 Å². The second-order valence-electron chi connectivity index (χ2n) is 8.45. The predicted molar refractivity (Wildman–Crippen MR) is 132 cm³/mol. The first-order valence-electron chi connectivity index (χ1n) is 11.4. The molecule has 3 aromatic carbocycles. The van der Waals surface area contributed by atoms with Gasteiger partial charge in [-0.25, -0.2) is 0 Å². The number of benzene rings is 3. The van der Waals surface area contributed by atoms with Gasteiger partial charge in [0, 0.05) is 42.5 Å². The summed E-state index contributed by atoms with van der Waals surface area (Å²) < 4.78 is 5.91. The number of amides is 1. The summed E-state index contributed by atoms with van der Waals surface area (Å²) in [6.07, 6.45) is 4.59. The SMILES string of the molecule is O=C(c1ccccc1Nc1ccccc1)N1CCOC[C@@H](Cc2cccc3ccncc23)C1. The fourth-order valence-electron chi connectivity index (χ4n) is 4.48. The molecule has 1 amide bonds. The van der Waals surface area contributed by atoms with Gasteiger partial charge in [0.1, 0.15) is 0 Å². The molecule has 1 fully saturated rings. The third-order valence-corrected chi connectivity index (χ3v) is 6.12. The monoisotopic (exact) mass is 437 g/mol. The predicted octanol–water partition coefficient (Wildman–Crippen LogP) is 5.31. The minimum atomic E-state index is 0.0316. The lowest BCUT2D eigenvalue weighted by atomic mass is 9.95. The van der Waals surface area contributed by atoms with Gasteiger partial charge in [0.25, 0.3) is 5.91 Å². The van der Waals surface area contributed by atoms with Crippen molar-refractivity contribution >= 4 is 28.1 Å². The summed E-state index contributed by atoms with van der Waals surface area (Å²) in [5, 5.41) is 5.75. The molecule has 1 N–H and O–H groups in total. The van der Waals surface area contributed by atoms with Crippen molar-refractivity contribution in [2.45, 2.75) is 6.42 Å². The normalized spacial score (nSPS) is 16.4. The molecule has 1 saturated heterocycles. The van der Waals surface area contributed by atoms with Crippen LogP contribution in [0.4, 0.5) is 11.4 Å². The standard InChI is InChI=1S/C28H27N3O2/c32-28(25-11-4-5-12-27(25)30-24-9-2-1-3-10-24)31-15-16-33-20-21(19-31)17-23-8-6-7-22-13-14-29-18-26(22)23/h1-14,18,21,30H,15-17,19-20H2/t21-/m0/s1. The Morgan fingerprint density at radius 3 is 2.76 bits per heavy atom. The molecule has 1 aliphatic heterocycles. The molecule has 4 aromatic rings. The summed E-state index contributed by atoms with van der Waals surface area (Å²) in [4.78, 5) is 19.8. The number of anilines is 2. The Balaban J connectivity index is 1.36. The van der Waals surface area contributed by atoms with Gasteiger partial charge < -0.3 is 15.0 Å². The maximum absolute atomic E-state index is 13.6. The fourth-order valence-corrected chi connectivity index (χ4v) is 4.48. The van der Waals surface area contributed by atoms with Gasteiger partial charge >= 0.3 is 0 Å². The van der Waals surface area contributed by atoms with Crippen molar-refractivity contribution in [3.05, 3.63) is 102 Å². The summed E-state index contributed by atoms with van der Waals surface area (Å²) in [7, 11) is 0. The Bertz CT molecular complexity index is 1240. The molecule has 0 radical (unpaired) electrons. The van der Waals surface area contributed by atoms with E-state index in [-0.39, 0.29) is 11.8 Å². The molecule has 2 heterocycles. The van der Waals surface area contributed by atoms with Crippen LogP contribution in [0.5, 0.6) is 0 Å². The molecule has 166 valence electrons. The van der Waals surface area contributed by atoms with Crippen molar-refractivity contribution in [2.24, 2.45) is 5.92 Å². The van der Waals surface area contributed by atoms with Gasteiger partial charge in [-0.15, -0.1) is 0 Å². The highest BCUT2D eigenvalue weighted by Gasteiger charge is 2.25. The highest BCUT2D eigenvalue weighted by molar-refractivity contribution is 6.00. The van der Waals surface area contributed by atoms with Crippen LogP contribution in [0.3, 0.4) is 0 Å². The van der Waals surface area contributed by atoms with Crippen LogP contribution in [0.1, 0.15) is 15.9 Å². The lowest BCUT2D eigenvalue weighted by Gasteiger charge is -2.25. The summed E-state index contributed by atoms with van der Waals surface area (Å²) in [5.74, 6) is 0.251. The van der Waals surface area contributed by atoms with E-state index >= 15 is 0 Å². The van der Waals surface area contributed by atoms with Crippen LogP contribution in [0.2, 0.25) is 0 Å². The molecule has 1 aromatic heterocycles. The minimum Gasteiger partial charge on any atom is -0.379 e. The van der Waals surface area contributed by atoms with E-state index in [9.17, 15) is 4.79 Å². The summed E-state index contributed by atoms with van der Waals surface area (Å²) in [5.41, 5.74) is 3.70. The van der Waals surface area contributed by atoms with Crippen molar-refractivity contribution in [3.8, 4) is 0 Å². The number of nitrogens with zero attached hydrogens (tertiary/aromatic N) is 2. The van der Waals surface area contributed by atoms with Gasteiger partial charge in [0.2, 0.25) is 0 Å². The number of nitrogens with one attached hydrogen (secondary N) is 1. The van der Waals surface area contributed by atoms with Gasteiger partial charge in [-0.1, -0.05) is 48.5 Å². The van der Waals surface area contributed by atoms with Crippen molar-refractivity contribution in [1.29, 1.82) is 0 Å². The number of carbonyl (C=O) groups is 1. The van der Waals surface area contributed by atoms with Crippen molar-refractivity contribution in [1.82, 2.24) is 9.88 Å². The average molecular weight is 438 g/mol. The molecule has 5 rings (SSSR count). The van der Waals surface area contributed by atoms with Gasteiger partial charge in [-0.05, 0) is 47.7 Å². The maximum Gasteiger partial charge on any atom is 0.256 e. The van der Waals surface area contributed by atoms with Crippen LogP contribution in [0, 0.1) is 5.92 Å². The van der Waals surface area contributed by atoms with Crippen molar-refractivity contribution in [2.75, 3.05) is 31.6 Å². The Labute approximate surface area is 194 Å². The molecule has 1 atom stereocenters. The van der Waals surface area contributed by atoms with E-state index in [0.717, 1.165) is 17.8 Å². The largest absolute Gasteiger partial charge is 0.379 e. The highest BCUT2D eigenvalue weighted by atomic mass is 16.5. The Kier molecular flexibility index (Phi) is 6.31. The Hall–Kier alpha value is -3.70. The molecule has 0 bridgehead atoms. The second kappa shape index (κ2) is 9.84. The number of hydrogen-bond acceptors (Lipinski definition) is 4. The molecular weight excluding hydrogens is 410 g/mol. The van der Waals surface area contributed by atoms with Crippen LogP contribution in [0.15, 0.2) is 91.3 Å². The zero-order valence-corrected chi connectivity index (χ0v) is 18.5. The summed E-state index contributed by atoms with van der Waals surface area (Å²) in [6, 6.07) is 26.0. The smallest absolute Gasteiger partial charge is 0.256 e. The molecular formula is C28H27N3O2. The van der Waals surface area contributed by atoms with E-state index in [4.69, 9.17) is 4.74 Å². The number of fused-ring (bicyclic) bond motifs is 1. The molecule has 33 heavy (non-hydrogen) atoms. The number of pyridine rings is 1. The average Bonchev–Trinajstić information content (AvgIpc) is 3.10. The second-order valence-corrected chi connectivity index (χ2v) is 8.45. The third-order valence-electron chi connectivity index (χ3n) is 6.12. The quantitative estimate of drug-likeness (QED) is 0.460. The van der Waals surface area contributed by atoms with Gasteiger partial charge in [0.15, 0.2) is 0 Å². The van der Waals surface area contributed by atoms with Gasteiger partial charge in [-0.2, -0.15) is 0 Å². The van der Waals surface area contributed by atoms with Gasteiger partial charge in [-0.3, -0.25) is 9.78 Å². The number of hydrogen-bond donors (Lipinski definition) is 1. The first-order valence-corrected chi connectivity index (χ1v) is 11.4. The lowest BCUT2D eigenvalue weighted by Crippen LogP contribution is -2.36. The van der Waals surface area contributed by atoms with Crippen LogP contribution in [-0.4, -0.2) is 42.1 Å². The van der Waals surface area contributed by atoms with Crippen LogP contribution < -0.4 is 5.32 Å².